The standard InChI is InChI=1S/C19H16N4O4S/c1-27-18(26)14(20-15(24)12-8-4-2-5-9-12)17-22-23-19(28-17)21-16(25)13-10-6-3-7-11-13/h2-11,14H,1H3,(H,20,24)(H,21,23,25). The minimum Gasteiger partial charge on any atom is -0.467 e. The molecule has 9 heteroatoms. The second-order valence-electron chi connectivity index (χ2n) is 5.56. The van der Waals surface area contributed by atoms with Crippen LogP contribution in [-0.2, 0) is 9.53 Å². The summed E-state index contributed by atoms with van der Waals surface area (Å²) in [7, 11) is 1.21. The van der Waals surface area contributed by atoms with E-state index in [1.165, 1.54) is 7.11 Å². The summed E-state index contributed by atoms with van der Waals surface area (Å²) in [6, 6.07) is 15.9. The number of ether oxygens (including phenoxy) is 1. The Balaban J connectivity index is 1.76. The number of carbonyl (C=O) groups is 3. The number of nitrogens with one attached hydrogen (secondary N) is 2. The molecular formula is C19H16N4O4S. The molecule has 1 atom stereocenters. The van der Waals surface area contributed by atoms with E-state index in [1.54, 1.807) is 60.7 Å². The zero-order valence-electron chi connectivity index (χ0n) is 14.8. The van der Waals surface area contributed by atoms with Gasteiger partial charge in [-0.05, 0) is 24.3 Å². The molecule has 2 aromatic carbocycles. The lowest BCUT2D eigenvalue weighted by atomic mass is 10.2. The maximum Gasteiger partial charge on any atom is 0.335 e. The van der Waals surface area contributed by atoms with Gasteiger partial charge in [-0.2, -0.15) is 0 Å². The van der Waals surface area contributed by atoms with Crippen molar-refractivity contribution in [1.29, 1.82) is 0 Å². The molecule has 1 unspecified atom stereocenters. The Kier molecular flexibility index (Phi) is 6.07. The summed E-state index contributed by atoms with van der Waals surface area (Å²) in [4.78, 5) is 36.7. The van der Waals surface area contributed by atoms with Crippen molar-refractivity contribution in [2.24, 2.45) is 0 Å². The van der Waals surface area contributed by atoms with Crippen LogP contribution in [0.2, 0.25) is 0 Å². The van der Waals surface area contributed by atoms with Crippen LogP contribution in [0.1, 0.15) is 31.8 Å². The molecule has 3 aromatic rings. The third-order valence-electron chi connectivity index (χ3n) is 3.69. The molecule has 142 valence electrons. The van der Waals surface area contributed by atoms with Gasteiger partial charge < -0.3 is 10.1 Å². The number of rotatable bonds is 6. The third kappa shape index (κ3) is 4.57. The van der Waals surface area contributed by atoms with Gasteiger partial charge in [0.25, 0.3) is 11.8 Å². The molecule has 8 nitrogen and oxygen atoms in total. The van der Waals surface area contributed by atoms with E-state index in [-0.39, 0.29) is 16.0 Å². The average molecular weight is 396 g/mol. The second-order valence-corrected chi connectivity index (χ2v) is 6.57. The molecule has 1 aromatic heterocycles. The van der Waals surface area contributed by atoms with E-state index in [1.807, 2.05) is 0 Å². The first kappa shape index (κ1) is 19.2. The maximum atomic E-state index is 12.4. The molecule has 2 N–H and O–H groups in total. The molecular weight excluding hydrogens is 380 g/mol. The van der Waals surface area contributed by atoms with Crippen molar-refractivity contribution in [3.8, 4) is 0 Å². The number of amides is 2. The topological polar surface area (TPSA) is 110 Å². The number of anilines is 1. The van der Waals surface area contributed by atoms with Crippen LogP contribution in [0.15, 0.2) is 60.7 Å². The molecule has 0 spiro atoms. The van der Waals surface area contributed by atoms with E-state index in [0.29, 0.717) is 11.1 Å². The number of methoxy groups -OCH3 is 1. The molecule has 2 amide bonds. The van der Waals surface area contributed by atoms with Gasteiger partial charge in [-0.25, -0.2) is 4.79 Å². The lowest BCUT2D eigenvalue weighted by molar-refractivity contribution is -0.143. The first-order chi connectivity index (χ1) is 13.6. The Bertz CT molecular complexity index is 976. The lowest BCUT2D eigenvalue weighted by Gasteiger charge is -2.13. The fourth-order valence-electron chi connectivity index (χ4n) is 2.30. The minimum absolute atomic E-state index is 0.194. The van der Waals surface area contributed by atoms with Crippen molar-refractivity contribution in [3.05, 3.63) is 76.8 Å². The van der Waals surface area contributed by atoms with Gasteiger partial charge in [0.05, 0.1) is 7.11 Å². The summed E-state index contributed by atoms with van der Waals surface area (Å²) in [5.41, 5.74) is 0.847. The van der Waals surface area contributed by atoms with Crippen molar-refractivity contribution in [2.45, 2.75) is 6.04 Å². The largest absolute Gasteiger partial charge is 0.467 e. The van der Waals surface area contributed by atoms with Crippen molar-refractivity contribution < 1.29 is 19.1 Å². The zero-order chi connectivity index (χ0) is 19.9. The monoisotopic (exact) mass is 396 g/mol. The minimum atomic E-state index is -1.14. The number of aromatic nitrogens is 2. The Labute approximate surface area is 164 Å². The average Bonchev–Trinajstić information content (AvgIpc) is 3.20. The number of nitrogens with zero attached hydrogens (tertiary/aromatic N) is 2. The highest BCUT2D eigenvalue weighted by Crippen LogP contribution is 2.23. The number of carbonyl (C=O) groups excluding carboxylic acids is 3. The van der Waals surface area contributed by atoms with Crippen molar-refractivity contribution in [3.63, 3.8) is 0 Å². The van der Waals surface area contributed by atoms with Gasteiger partial charge in [-0.3, -0.25) is 14.9 Å². The van der Waals surface area contributed by atoms with Gasteiger partial charge in [-0.1, -0.05) is 47.7 Å². The molecule has 0 saturated carbocycles. The fraction of sp³-hybridized carbons (Fsp3) is 0.105. The fourth-order valence-corrected chi connectivity index (χ4v) is 3.08. The number of benzene rings is 2. The van der Waals surface area contributed by atoms with E-state index in [9.17, 15) is 14.4 Å². The van der Waals surface area contributed by atoms with Crippen molar-refractivity contribution >= 4 is 34.3 Å². The summed E-state index contributed by atoms with van der Waals surface area (Å²) in [6.45, 7) is 0. The van der Waals surface area contributed by atoms with E-state index in [4.69, 9.17) is 4.74 Å². The Hall–Kier alpha value is -3.59. The van der Waals surface area contributed by atoms with Crippen molar-refractivity contribution in [2.75, 3.05) is 12.4 Å². The summed E-state index contributed by atoms with van der Waals surface area (Å²) < 4.78 is 4.76. The van der Waals surface area contributed by atoms with Gasteiger partial charge in [-0.15, -0.1) is 10.2 Å². The van der Waals surface area contributed by atoms with Crippen LogP contribution in [-0.4, -0.2) is 35.1 Å². The molecule has 0 bridgehead atoms. The highest BCUT2D eigenvalue weighted by molar-refractivity contribution is 7.15. The van der Waals surface area contributed by atoms with Crippen LogP contribution >= 0.6 is 11.3 Å². The second kappa shape index (κ2) is 8.87. The predicted octanol–water partition coefficient (Wildman–Crippen LogP) is 2.43. The lowest BCUT2D eigenvalue weighted by Crippen LogP contribution is -2.34. The van der Waals surface area contributed by atoms with E-state index < -0.39 is 17.9 Å². The van der Waals surface area contributed by atoms with Crippen LogP contribution in [0.3, 0.4) is 0 Å². The smallest absolute Gasteiger partial charge is 0.335 e. The number of hydrogen-bond acceptors (Lipinski definition) is 7. The van der Waals surface area contributed by atoms with E-state index in [0.717, 1.165) is 11.3 Å². The van der Waals surface area contributed by atoms with Gasteiger partial charge in [0.2, 0.25) is 5.13 Å². The number of hydrogen-bond donors (Lipinski definition) is 2. The Morgan fingerprint density at radius 3 is 2.04 bits per heavy atom. The highest BCUT2D eigenvalue weighted by Gasteiger charge is 2.28. The van der Waals surface area contributed by atoms with E-state index >= 15 is 0 Å². The van der Waals surface area contributed by atoms with E-state index in [2.05, 4.69) is 20.8 Å². The molecule has 0 aliphatic rings. The quantitative estimate of drug-likeness (QED) is 0.619. The molecule has 0 aliphatic carbocycles. The summed E-state index contributed by atoms with van der Waals surface area (Å²) >= 11 is 0.975. The maximum absolute atomic E-state index is 12.4. The third-order valence-corrected chi connectivity index (χ3v) is 4.60. The summed E-state index contributed by atoms with van der Waals surface area (Å²) in [5.74, 6) is -1.51. The SMILES string of the molecule is COC(=O)C(NC(=O)c1ccccc1)c1nnc(NC(=O)c2ccccc2)s1. The van der Waals surface area contributed by atoms with Crippen LogP contribution in [0, 0.1) is 0 Å². The molecule has 3 rings (SSSR count). The van der Waals surface area contributed by atoms with Crippen LogP contribution in [0.5, 0.6) is 0 Å². The molecule has 1 heterocycles. The van der Waals surface area contributed by atoms with Gasteiger partial charge in [0.1, 0.15) is 0 Å². The summed E-state index contributed by atoms with van der Waals surface area (Å²) in [6.07, 6.45) is 0. The Morgan fingerprint density at radius 2 is 1.46 bits per heavy atom. The molecule has 0 aliphatic heterocycles. The first-order valence-electron chi connectivity index (χ1n) is 8.22. The van der Waals surface area contributed by atoms with Crippen molar-refractivity contribution in [1.82, 2.24) is 15.5 Å². The van der Waals surface area contributed by atoms with Gasteiger partial charge in [0.15, 0.2) is 11.0 Å². The zero-order valence-corrected chi connectivity index (χ0v) is 15.6. The molecule has 0 saturated heterocycles. The van der Waals surface area contributed by atoms with Crippen LogP contribution < -0.4 is 10.6 Å². The van der Waals surface area contributed by atoms with Crippen LogP contribution in [0.4, 0.5) is 5.13 Å². The predicted molar refractivity (Wildman–Crippen MR) is 103 cm³/mol. The molecule has 0 fully saturated rings. The van der Waals surface area contributed by atoms with Gasteiger partial charge in [0, 0.05) is 11.1 Å². The summed E-state index contributed by atoms with van der Waals surface area (Å²) in [5, 5.41) is 13.4. The highest BCUT2D eigenvalue weighted by atomic mass is 32.1. The molecule has 0 radical (unpaired) electrons. The van der Waals surface area contributed by atoms with Gasteiger partial charge >= 0.3 is 5.97 Å². The number of esters is 1. The Morgan fingerprint density at radius 1 is 0.893 bits per heavy atom. The first-order valence-corrected chi connectivity index (χ1v) is 9.03. The molecule has 28 heavy (non-hydrogen) atoms. The van der Waals surface area contributed by atoms with Crippen LogP contribution in [0.25, 0.3) is 0 Å². The normalized spacial score (nSPS) is 11.3.